The Morgan fingerprint density at radius 2 is 2.09 bits per heavy atom. The molecule has 3 heteroatoms. The highest BCUT2D eigenvalue weighted by Gasteiger charge is 2.24. The number of carbonyl (C=O) groups is 1. The second-order valence-corrected chi connectivity index (χ2v) is 4.42. The molecule has 1 fully saturated rings. The molecule has 1 aliphatic rings. The molecule has 64 valence electrons. The monoisotopic (exact) mass is 174 g/mol. The Bertz CT molecular complexity index is 147. The highest BCUT2D eigenvalue weighted by molar-refractivity contribution is 8.14. The van der Waals surface area contributed by atoms with Gasteiger partial charge in [0, 0.05) is 12.2 Å². The first-order valence-electron chi connectivity index (χ1n) is 4.05. The van der Waals surface area contributed by atoms with E-state index in [1.807, 2.05) is 0 Å². The maximum absolute atomic E-state index is 10.7. The predicted molar refractivity (Wildman–Crippen MR) is 46.5 cm³/mol. The summed E-state index contributed by atoms with van der Waals surface area (Å²) in [5, 5.41) is 9.73. The van der Waals surface area contributed by atoms with E-state index in [2.05, 4.69) is 0 Å². The summed E-state index contributed by atoms with van der Waals surface area (Å²) in [7, 11) is 0. The molecule has 0 heterocycles. The van der Waals surface area contributed by atoms with Crippen LogP contribution in [-0.2, 0) is 4.79 Å². The zero-order valence-corrected chi connectivity index (χ0v) is 7.56. The third-order valence-corrected chi connectivity index (χ3v) is 3.17. The van der Waals surface area contributed by atoms with Crippen LogP contribution in [0, 0.1) is 0 Å². The fourth-order valence-corrected chi connectivity index (χ4v) is 2.43. The summed E-state index contributed by atoms with van der Waals surface area (Å²) >= 11 is 1.29. The van der Waals surface area contributed by atoms with Gasteiger partial charge in [-0.2, -0.15) is 0 Å². The Balaban J connectivity index is 2.35. The van der Waals surface area contributed by atoms with Crippen LogP contribution >= 0.6 is 11.8 Å². The van der Waals surface area contributed by atoms with Crippen molar-refractivity contribution in [1.82, 2.24) is 0 Å². The van der Waals surface area contributed by atoms with Gasteiger partial charge in [0.2, 0.25) is 0 Å². The summed E-state index contributed by atoms with van der Waals surface area (Å²) in [6.45, 7) is 1.56. The van der Waals surface area contributed by atoms with E-state index in [1.54, 1.807) is 6.92 Å². The number of hydrogen-bond acceptors (Lipinski definition) is 3. The van der Waals surface area contributed by atoms with Gasteiger partial charge in [0.15, 0.2) is 5.12 Å². The molecule has 2 nitrogen and oxygen atoms in total. The largest absolute Gasteiger partial charge is 0.392 e. The van der Waals surface area contributed by atoms with Crippen molar-refractivity contribution in [2.24, 2.45) is 0 Å². The summed E-state index contributed by atoms with van der Waals surface area (Å²) in [4.78, 5) is 10.7. The van der Waals surface area contributed by atoms with E-state index in [9.17, 15) is 9.90 Å². The Kier molecular flexibility index (Phi) is 3.40. The fraction of sp³-hybridized carbons (Fsp3) is 0.875. The molecular formula is C8H14O2S. The molecule has 0 spiro atoms. The second kappa shape index (κ2) is 4.12. The number of rotatable bonds is 1. The Labute approximate surface area is 71.4 Å². The minimum atomic E-state index is -0.252. The topological polar surface area (TPSA) is 37.3 Å². The molecule has 0 radical (unpaired) electrons. The van der Waals surface area contributed by atoms with E-state index in [4.69, 9.17) is 0 Å². The lowest BCUT2D eigenvalue weighted by molar-refractivity contribution is -0.109. The lowest BCUT2D eigenvalue weighted by Gasteiger charge is -2.25. The molecule has 11 heavy (non-hydrogen) atoms. The number of hydrogen-bond donors (Lipinski definition) is 1. The van der Waals surface area contributed by atoms with Crippen LogP contribution < -0.4 is 0 Å². The summed E-state index contributed by atoms with van der Waals surface area (Å²) in [5.74, 6) is 0. The van der Waals surface area contributed by atoms with E-state index < -0.39 is 0 Å². The van der Waals surface area contributed by atoms with Crippen molar-refractivity contribution in [3.8, 4) is 0 Å². The van der Waals surface area contributed by atoms with Crippen LogP contribution in [-0.4, -0.2) is 21.6 Å². The molecule has 0 aromatic heterocycles. The highest BCUT2D eigenvalue weighted by Crippen LogP contribution is 2.28. The SMILES string of the molecule is CC(=O)S[C@H]1CCCC[C@@H]1O. The first kappa shape index (κ1) is 9.07. The lowest BCUT2D eigenvalue weighted by atomic mass is 9.97. The van der Waals surface area contributed by atoms with Crippen LogP contribution in [0.5, 0.6) is 0 Å². The quantitative estimate of drug-likeness (QED) is 0.655. The van der Waals surface area contributed by atoms with Gasteiger partial charge >= 0.3 is 0 Å². The minimum Gasteiger partial charge on any atom is -0.392 e. The van der Waals surface area contributed by atoms with E-state index in [-0.39, 0.29) is 16.5 Å². The van der Waals surface area contributed by atoms with Crippen LogP contribution in [0.25, 0.3) is 0 Å². The van der Waals surface area contributed by atoms with Crippen molar-refractivity contribution in [3.05, 3.63) is 0 Å². The third kappa shape index (κ3) is 2.83. The van der Waals surface area contributed by atoms with Gasteiger partial charge in [-0.3, -0.25) is 4.79 Å². The van der Waals surface area contributed by atoms with Crippen molar-refractivity contribution in [2.75, 3.05) is 0 Å². The summed E-state index contributed by atoms with van der Waals surface area (Å²) in [6, 6.07) is 0. The van der Waals surface area contributed by atoms with E-state index in [0.717, 1.165) is 25.7 Å². The summed E-state index contributed by atoms with van der Waals surface area (Å²) in [6.07, 6.45) is 3.87. The molecule has 0 aromatic rings. The van der Waals surface area contributed by atoms with Crippen molar-refractivity contribution in [2.45, 2.75) is 44.0 Å². The first-order chi connectivity index (χ1) is 5.20. The van der Waals surface area contributed by atoms with Crippen LogP contribution in [0.1, 0.15) is 32.6 Å². The van der Waals surface area contributed by atoms with E-state index in [1.165, 1.54) is 11.8 Å². The predicted octanol–water partition coefficient (Wildman–Crippen LogP) is 1.57. The van der Waals surface area contributed by atoms with Gasteiger partial charge in [-0.15, -0.1) is 0 Å². The van der Waals surface area contributed by atoms with Crippen LogP contribution in [0.4, 0.5) is 0 Å². The number of carbonyl (C=O) groups excluding carboxylic acids is 1. The van der Waals surface area contributed by atoms with Gasteiger partial charge in [-0.1, -0.05) is 24.6 Å². The Hall–Kier alpha value is -0.0200. The minimum absolute atomic E-state index is 0.121. The normalized spacial score (nSPS) is 31.8. The average molecular weight is 174 g/mol. The van der Waals surface area contributed by atoms with Crippen molar-refractivity contribution in [1.29, 1.82) is 0 Å². The number of aliphatic hydroxyl groups excluding tert-OH is 1. The second-order valence-electron chi connectivity index (χ2n) is 3.00. The molecule has 1 rings (SSSR count). The van der Waals surface area contributed by atoms with Gasteiger partial charge in [-0.05, 0) is 12.8 Å². The van der Waals surface area contributed by atoms with Crippen molar-refractivity contribution in [3.63, 3.8) is 0 Å². The van der Waals surface area contributed by atoms with Gasteiger partial charge < -0.3 is 5.11 Å². The van der Waals surface area contributed by atoms with E-state index in [0.29, 0.717) is 0 Å². The molecule has 2 atom stereocenters. The maximum atomic E-state index is 10.7. The Morgan fingerprint density at radius 3 is 2.64 bits per heavy atom. The number of thioether (sulfide) groups is 1. The van der Waals surface area contributed by atoms with Crippen molar-refractivity contribution >= 4 is 16.9 Å². The molecule has 0 saturated heterocycles. The van der Waals surface area contributed by atoms with Gasteiger partial charge in [0.1, 0.15) is 0 Å². The van der Waals surface area contributed by atoms with Crippen molar-refractivity contribution < 1.29 is 9.90 Å². The summed E-state index contributed by atoms with van der Waals surface area (Å²) < 4.78 is 0. The zero-order chi connectivity index (χ0) is 8.27. The molecule has 1 aliphatic carbocycles. The molecule has 0 unspecified atom stereocenters. The average Bonchev–Trinajstić information content (AvgIpc) is 1.93. The van der Waals surface area contributed by atoms with Gasteiger partial charge in [0.25, 0.3) is 0 Å². The fourth-order valence-electron chi connectivity index (χ4n) is 1.43. The van der Waals surface area contributed by atoms with Crippen LogP contribution in [0.15, 0.2) is 0 Å². The number of aliphatic hydroxyl groups is 1. The van der Waals surface area contributed by atoms with E-state index >= 15 is 0 Å². The van der Waals surface area contributed by atoms with Gasteiger partial charge in [-0.25, -0.2) is 0 Å². The zero-order valence-electron chi connectivity index (χ0n) is 6.75. The van der Waals surface area contributed by atoms with Gasteiger partial charge in [0.05, 0.1) is 6.10 Å². The molecule has 0 aliphatic heterocycles. The maximum Gasteiger partial charge on any atom is 0.186 e. The molecule has 0 bridgehead atoms. The standard InChI is InChI=1S/C8H14O2S/c1-6(9)11-8-5-3-2-4-7(8)10/h7-8,10H,2-5H2,1H3/t7-,8-/m0/s1. The highest BCUT2D eigenvalue weighted by atomic mass is 32.2. The van der Waals surface area contributed by atoms with Crippen LogP contribution in [0.2, 0.25) is 0 Å². The summed E-state index contributed by atoms with van der Waals surface area (Å²) in [5.41, 5.74) is 0. The first-order valence-corrected chi connectivity index (χ1v) is 4.93. The lowest BCUT2D eigenvalue weighted by Crippen LogP contribution is -2.27. The molecular weight excluding hydrogens is 160 g/mol. The molecule has 0 amide bonds. The Morgan fingerprint density at radius 1 is 1.45 bits per heavy atom. The molecule has 0 aromatic carbocycles. The third-order valence-electron chi connectivity index (χ3n) is 1.99. The molecule has 1 saturated carbocycles. The van der Waals surface area contributed by atoms with Crippen LogP contribution in [0.3, 0.4) is 0 Å². The smallest absolute Gasteiger partial charge is 0.186 e. The molecule has 1 N–H and O–H groups in total.